The number of benzene rings is 2. The van der Waals surface area contributed by atoms with Crippen molar-refractivity contribution < 1.29 is 27.3 Å². The van der Waals surface area contributed by atoms with Crippen LogP contribution < -0.4 is 15.5 Å². The zero-order valence-corrected chi connectivity index (χ0v) is 19.5. The van der Waals surface area contributed by atoms with Gasteiger partial charge in [-0.25, -0.2) is 18.6 Å². The fourth-order valence-electron chi connectivity index (χ4n) is 2.48. The predicted molar refractivity (Wildman–Crippen MR) is 124 cm³/mol. The molecule has 176 valence electrons. The molecule has 0 unspecified atom stereocenters. The summed E-state index contributed by atoms with van der Waals surface area (Å²) in [4.78, 5) is 33.8. The van der Waals surface area contributed by atoms with E-state index in [9.17, 15) is 28.1 Å². The summed E-state index contributed by atoms with van der Waals surface area (Å²) >= 11 is 3.24. The van der Waals surface area contributed by atoms with E-state index in [4.69, 9.17) is 4.42 Å². The summed E-state index contributed by atoms with van der Waals surface area (Å²) in [7, 11) is -3.74. The van der Waals surface area contributed by atoms with Gasteiger partial charge in [-0.2, -0.15) is 5.10 Å². The lowest BCUT2D eigenvalue weighted by Gasteiger charge is -2.05. The number of non-ortho nitro benzene ring substituents is 1. The standard InChI is InChI=1S/C20H16BrN5O7S/c21-13-1-9-18(10-2-13)34(31,32)23-12-17-8-7-16(33-17)11-22-25-20(28)19(27)24-14-3-5-15(6-4-14)26(29)30/h1-11,23H,12H2,(H,24,27)(H,25,28)/b22-11+. The van der Waals surface area contributed by atoms with E-state index in [1.165, 1.54) is 48.5 Å². The van der Waals surface area contributed by atoms with Crippen LogP contribution in [0.1, 0.15) is 11.5 Å². The SMILES string of the molecule is O=C(N/N=C/c1ccc(CNS(=O)(=O)c2ccc(Br)cc2)o1)C(=O)Nc1ccc([N+](=O)[O-])cc1. The van der Waals surface area contributed by atoms with Crippen molar-refractivity contribution in [3.63, 3.8) is 0 Å². The molecule has 12 nitrogen and oxygen atoms in total. The maximum absolute atomic E-state index is 12.3. The quantitative estimate of drug-likeness (QED) is 0.167. The second-order valence-electron chi connectivity index (χ2n) is 6.54. The fraction of sp³-hybridized carbons (Fsp3) is 0.0500. The first kappa shape index (κ1) is 24.8. The number of nitrogens with zero attached hydrogens (tertiary/aromatic N) is 2. The number of carbonyl (C=O) groups excluding carboxylic acids is 2. The summed E-state index contributed by atoms with van der Waals surface area (Å²) in [5.74, 6) is -1.62. The van der Waals surface area contributed by atoms with E-state index in [2.05, 4.69) is 31.1 Å². The van der Waals surface area contributed by atoms with E-state index in [1.807, 2.05) is 5.43 Å². The minimum atomic E-state index is -3.74. The van der Waals surface area contributed by atoms with Crippen molar-refractivity contribution in [3.8, 4) is 0 Å². The molecule has 3 N–H and O–H groups in total. The summed E-state index contributed by atoms with van der Waals surface area (Å²) in [5.41, 5.74) is 2.04. The third kappa shape index (κ3) is 6.81. The highest BCUT2D eigenvalue weighted by Crippen LogP contribution is 2.16. The molecule has 2 amide bonds. The van der Waals surface area contributed by atoms with E-state index >= 15 is 0 Å². The molecule has 1 heterocycles. The summed E-state index contributed by atoms with van der Waals surface area (Å²) in [5, 5.41) is 16.5. The summed E-state index contributed by atoms with van der Waals surface area (Å²) in [6.45, 7) is -0.115. The fourth-order valence-corrected chi connectivity index (χ4v) is 3.74. The van der Waals surface area contributed by atoms with Gasteiger partial charge in [0.1, 0.15) is 11.5 Å². The molecule has 14 heteroatoms. The molecule has 2 aromatic carbocycles. The molecule has 0 fully saturated rings. The van der Waals surface area contributed by atoms with E-state index < -0.39 is 26.8 Å². The van der Waals surface area contributed by atoms with Crippen molar-refractivity contribution in [2.45, 2.75) is 11.4 Å². The van der Waals surface area contributed by atoms with Crippen LogP contribution in [0.25, 0.3) is 0 Å². The monoisotopic (exact) mass is 549 g/mol. The number of halogens is 1. The Morgan fingerprint density at radius 1 is 1.03 bits per heavy atom. The van der Waals surface area contributed by atoms with Gasteiger partial charge in [0, 0.05) is 22.3 Å². The lowest BCUT2D eigenvalue weighted by Crippen LogP contribution is -2.32. The van der Waals surface area contributed by atoms with Crippen LogP contribution in [0.5, 0.6) is 0 Å². The molecule has 3 aromatic rings. The van der Waals surface area contributed by atoms with E-state index in [1.54, 1.807) is 12.1 Å². The molecular weight excluding hydrogens is 534 g/mol. The van der Waals surface area contributed by atoms with Crippen molar-refractivity contribution in [3.05, 3.63) is 86.8 Å². The zero-order chi connectivity index (χ0) is 24.7. The first-order valence-electron chi connectivity index (χ1n) is 9.37. The first-order valence-corrected chi connectivity index (χ1v) is 11.6. The van der Waals surface area contributed by atoms with Crippen molar-refractivity contribution >= 4 is 55.4 Å². The van der Waals surface area contributed by atoms with E-state index in [0.29, 0.717) is 5.76 Å². The second-order valence-corrected chi connectivity index (χ2v) is 9.22. The summed E-state index contributed by atoms with van der Waals surface area (Å²) < 4.78 is 33.2. The molecule has 0 saturated heterocycles. The molecule has 3 rings (SSSR count). The van der Waals surface area contributed by atoms with Crippen molar-refractivity contribution in [1.82, 2.24) is 10.1 Å². The van der Waals surface area contributed by atoms with Gasteiger partial charge >= 0.3 is 11.8 Å². The van der Waals surface area contributed by atoms with Crippen LogP contribution in [0.3, 0.4) is 0 Å². The van der Waals surface area contributed by atoms with Crippen LogP contribution >= 0.6 is 15.9 Å². The molecule has 0 saturated carbocycles. The smallest absolute Gasteiger partial charge is 0.329 e. The lowest BCUT2D eigenvalue weighted by atomic mass is 10.3. The minimum Gasteiger partial charge on any atom is -0.459 e. The van der Waals surface area contributed by atoms with Crippen LogP contribution in [0.15, 0.2) is 79.6 Å². The number of carbonyl (C=O) groups is 2. The maximum atomic E-state index is 12.3. The Morgan fingerprint density at radius 2 is 1.71 bits per heavy atom. The number of anilines is 1. The summed E-state index contributed by atoms with van der Waals surface area (Å²) in [6, 6.07) is 14.1. The highest BCUT2D eigenvalue weighted by atomic mass is 79.9. The Morgan fingerprint density at radius 3 is 2.35 bits per heavy atom. The third-order valence-electron chi connectivity index (χ3n) is 4.14. The Labute approximate surface area is 201 Å². The Bertz CT molecular complexity index is 1340. The number of nitrogens with one attached hydrogen (secondary N) is 3. The molecule has 0 aliphatic rings. The number of hydrogen-bond acceptors (Lipinski definition) is 8. The van der Waals surface area contributed by atoms with Gasteiger partial charge in [0.05, 0.1) is 22.6 Å². The van der Waals surface area contributed by atoms with Crippen LogP contribution in [0.4, 0.5) is 11.4 Å². The van der Waals surface area contributed by atoms with E-state index in [-0.39, 0.29) is 28.6 Å². The second kappa shape index (κ2) is 10.8. The number of rotatable bonds is 8. The number of nitro groups is 1. The van der Waals surface area contributed by atoms with Crippen LogP contribution in [-0.2, 0) is 26.2 Å². The number of hydrogen-bond donors (Lipinski definition) is 3. The Hall–Kier alpha value is -3.88. The molecular formula is C20H16BrN5O7S. The number of hydrazone groups is 1. The molecule has 0 atom stereocenters. The van der Waals surface area contributed by atoms with Crippen molar-refractivity contribution in [2.24, 2.45) is 5.10 Å². The molecule has 34 heavy (non-hydrogen) atoms. The molecule has 0 aliphatic heterocycles. The number of furan rings is 1. The number of nitro benzene ring substituents is 1. The normalized spacial score (nSPS) is 11.3. The van der Waals surface area contributed by atoms with Gasteiger partial charge in [-0.1, -0.05) is 15.9 Å². The Kier molecular flexibility index (Phi) is 7.88. The highest BCUT2D eigenvalue weighted by Gasteiger charge is 2.15. The Balaban J connectivity index is 1.49. The van der Waals surface area contributed by atoms with E-state index in [0.717, 1.165) is 10.7 Å². The minimum absolute atomic E-state index is 0.0961. The molecule has 1 aromatic heterocycles. The average molecular weight is 550 g/mol. The molecule has 0 bridgehead atoms. The largest absolute Gasteiger partial charge is 0.459 e. The maximum Gasteiger partial charge on any atom is 0.329 e. The van der Waals surface area contributed by atoms with Gasteiger partial charge in [0.2, 0.25) is 10.0 Å². The molecule has 0 spiro atoms. The number of sulfonamides is 1. The van der Waals surface area contributed by atoms with Crippen molar-refractivity contribution in [1.29, 1.82) is 0 Å². The first-order chi connectivity index (χ1) is 16.1. The zero-order valence-electron chi connectivity index (χ0n) is 17.1. The number of amides is 2. The lowest BCUT2D eigenvalue weighted by molar-refractivity contribution is -0.384. The predicted octanol–water partition coefficient (Wildman–Crippen LogP) is 2.52. The van der Waals surface area contributed by atoms with Crippen molar-refractivity contribution in [2.75, 3.05) is 5.32 Å². The molecule has 0 radical (unpaired) electrons. The van der Waals surface area contributed by atoms with Gasteiger partial charge in [0.15, 0.2) is 0 Å². The van der Waals surface area contributed by atoms with Gasteiger partial charge in [-0.15, -0.1) is 0 Å². The average Bonchev–Trinajstić information content (AvgIpc) is 3.26. The van der Waals surface area contributed by atoms with Crippen LogP contribution in [0.2, 0.25) is 0 Å². The van der Waals surface area contributed by atoms with Gasteiger partial charge in [-0.05, 0) is 48.5 Å². The van der Waals surface area contributed by atoms with Crippen LogP contribution in [-0.4, -0.2) is 31.4 Å². The van der Waals surface area contributed by atoms with Gasteiger partial charge < -0.3 is 9.73 Å². The van der Waals surface area contributed by atoms with Gasteiger partial charge in [0.25, 0.3) is 5.69 Å². The summed E-state index contributed by atoms with van der Waals surface area (Å²) in [6.07, 6.45) is 1.13. The third-order valence-corrected chi connectivity index (χ3v) is 6.09. The molecule has 0 aliphatic carbocycles. The van der Waals surface area contributed by atoms with Crippen LogP contribution in [0, 0.1) is 10.1 Å². The highest BCUT2D eigenvalue weighted by molar-refractivity contribution is 9.10. The van der Waals surface area contributed by atoms with Gasteiger partial charge in [-0.3, -0.25) is 19.7 Å². The topological polar surface area (TPSA) is 173 Å².